The summed E-state index contributed by atoms with van der Waals surface area (Å²) < 4.78 is 5.63. The summed E-state index contributed by atoms with van der Waals surface area (Å²) in [5.41, 5.74) is 3.27. The topological polar surface area (TPSA) is 38.3 Å². The van der Waals surface area contributed by atoms with Crippen molar-refractivity contribution >= 4 is 23.2 Å². The zero-order valence-electron chi connectivity index (χ0n) is 17.2. The van der Waals surface area contributed by atoms with Crippen LogP contribution in [0.5, 0.6) is 5.75 Å². The van der Waals surface area contributed by atoms with Gasteiger partial charge in [0.05, 0.1) is 0 Å². The van der Waals surface area contributed by atoms with Gasteiger partial charge in [0.15, 0.2) is 6.61 Å². The smallest absolute Gasteiger partial charge is 0.262 e. The van der Waals surface area contributed by atoms with Crippen molar-refractivity contribution in [2.24, 2.45) is 5.41 Å². The number of halogens is 1. The number of benzene rings is 2. The summed E-state index contributed by atoms with van der Waals surface area (Å²) in [5.74, 6) is 0.473. The maximum atomic E-state index is 12.2. The molecular formula is C23H30ClNO2. The molecule has 0 aliphatic heterocycles. The fourth-order valence-corrected chi connectivity index (χ4v) is 3.67. The Balaban J connectivity index is 1.95. The number of amides is 1. The Kier molecular flexibility index (Phi) is 6.59. The molecule has 0 radical (unpaired) electrons. The van der Waals surface area contributed by atoms with Gasteiger partial charge in [-0.25, -0.2) is 0 Å². The van der Waals surface area contributed by atoms with Crippen molar-refractivity contribution in [2.75, 3.05) is 11.9 Å². The Morgan fingerprint density at radius 1 is 1.04 bits per heavy atom. The van der Waals surface area contributed by atoms with Gasteiger partial charge in [0.2, 0.25) is 0 Å². The first-order chi connectivity index (χ1) is 12.5. The molecule has 146 valence electrons. The van der Waals surface area contributed by atoms with Crippen LogP contribution >= 0.6 is 11.6 Å². The van der Waals surface area contributed by atoms with Gasteiger partial charge in [-0.05, 0) is 59.6 Å². The van der Waals surface area contributed by atoms with Crippen LogP contribution in [0.3, 0.4) is 0 Å². The van der Waals surface area contributed by atoms with Gasteiger partial charge in [-0.2, -0.15) is 0 Å². The zero-order valence-corrected chi connectivity index (χ0v) is 17.9. The molecule has 2 aromatic carbocycles. The number of aryl methyl sites for hydroxylation is 1. The van der Waals surface area contributed by atoms with Crippen LogP contribution in [0, 0.1) is 12.3 Å². The number of nitrogens with one attached hydrogen (secondary N) is 1. The molecule has 0 heterocycles. The maximum absolute atomic E-state index is 12.2. The summed E-state index contributed by atoms with van der Waals surface area (Å²) in [6.45, 7) is 13.2. The van der Waals surface area contributed by atoms with Crippen molar-refractivity contribution in [3.05, 3.63) is 58.6 Å². The van der Waals surface area contributed by atoms with Crippen LogP contribution in [0.25, 0.3) is 0 Å². The first-order valence-electron chi connectivity index (χ1n) is 9.26. The van der Waals surface area contributed by atoms with E-state index in [9.17, 15) is 4.79 Å². The first-order valence-corrected chi connectivity index (χ1v) is 9.63. The minimum Gasteiger partial charge on any atom is -0.484 e. The molecule has 0 aromatic heterocycles. The number of anilines is 1. The van der Waals surface area contributed by atoms with E-state index < -0.39 is 0 Å². The third-order valence-electron chi connectivity index (χ3n) is 4.45. The summed E-state index contributed by atoms with van der Waals surface area (Å²) in [6.07, 6.45) is 1.08. The predicted octanol–water partition coefficient (Wildman–Crippen LogP) is 6.38. The molecule has 1 N–H and O–H groups in total. The number of carbonyl (C=O) groups is 1. The van der Waals surface area contributed by atoms with Crippen molar-refractivity contribution in [2.45, 2.75) is 53.4 Å². The monoisotopic (exact) mass is 387 g/mol. The number of ether oxygens (including phenoxy) is 1. The Labute approximate surface area is 168 Å². The summed E-state index contributed by atoms with van der Waals surface area (Å²) in [5, 5.41) is 3.42. The molecule has 27 heavy (non-hydrogen) atoms. The lowest BCUT2D eigenvalue weighted by Crippen LogP contribution is -2.24. The molecule has 0 saturated carbocycles. The standard InChI is InChI=1S/C23H30ClNO2/c1-16-7-10-18(24)13-20(16)25-21(26)14-27-19-11-8-17(9-12-19)23(5,6)15-22(2,3)4/h7-13H,14-15H2,1-6H3,(H,25,26). The lowest BCUT2D eigenvalue weighted by Gasteiger charge is -2.33. The van der Waals surface area contributed by atoms with Crippen LogP contribution in [-0.4, -0.2) is 12.5 Å². The Morgan fingerprint density at radius 2 is 1.67 bits per heavy atom. The second-order valence-electron chi connectivity index (χ2n) is 8.94. The quantitative estimate of drug-likeness (QED) is 0.624. The molecule has 0 saturated heterocycles. The largest absolute Gasteiger partial charge is 0.484 e. The van der Waals surface area contributed by atoms with E-state index in [0.717, 1.165) is 12.0 Å². The van der Waals surface area contributed by atoms with Crippen molar-refractivity contribution in [1.29, 1.82) is 0 Å². The van der Waals surface area contributed by atoms with Crippen LogP contribution in [0.2, 0.25) is 5.02 Å². The number of hydrogen-bond donors (Lipinski definition) is 1. The molecular weight excluding hydrogens is 358 g/mol. The molecule has 0 fully saturated rings. The van der Waals surface area contributed by atoms with Crippen LogP contribution in [0.15, 0.2) is 42.5 Å². The lowest BCUT2D eigenvalue weighted by molar-refractivity contribution is -0.118. The Hall–Kier alpha value is -2.00. The first kappa shape index (κ1) is 21.3. The van der Waals surface area contributed by atoms with Gasteiger partial charge in [0, 0.05) is 10.7 Å². The highest BCUT2D eigenvalue weighted by Gasteiger charge is 2.27. The van der Waals surface area contributed by atoms with Gasteiger partial charge in [-0.3, -0.25) is 4.79 Å². The SMILES string of the molecule is Cc1ccc(Cl)cc1NC(=O)COc1ccc(C(C)(C)CC(C)(C)C)cc1. The highest BCUT2D eigenvalue weighted by Crippen LogP contribution is 2.36. The molecule has 3 nitrogen and oxygen atoms in total. The van der Waals surface area contributed by atoms with E-state index >= 15 is 0 Å². The summed E-state index contributed by atoms with van der Waals surface area (Å²) in [4.78, 5) is 12.2. The summed E-state index contributed by atoms with van der Waals surface area (Å²) >= 11 is 5.98. The van der Waals surface area contributed by atoms with E-state index in [0.29, 0.717) is 16.5 Å². The number of rotatable bonds is 6. The summed E-state index contributed by atoms with van der Waals surface area (Å²) in [6, 6.07) is 13.4. The van der Waals surface area contributed by atoms with Gasteiger partial charge < -0.3 is 10.1 Å². The molecule has 0 unspecified atom stereocenters. The molecule has 1 amide bonds. The van der Waals surface area contributed by atoms with Gasteiger partial charge in [0.25, 0.3) is 5.91 Å². The minimum atomic E-state index is -0.211. The van der Waals surface area contributed by atoms with Crippen LogP contribution < -0.4 is 10.1 Å². The minimum absolute atomic E-state index is 0.0450. The molecule has 2 rings (SSSR count). The third-order valence-corrected chi connectivity index (χ3v) is 4.69. The van der Waals surface area contributed by atoms with Gasteiger partial charge in [-0.15, -0.1) is 0 Å². The molecule has 0 atom stereocenters. The van der Waals surface area contributed by atoms with Crippen molar-refractivity contribution in [3.63, 3.8) is 0 Å². The van der Waals surface area contributed by atoms with Crippen LogP contribution in [-0.2, 0) is 10.2 Å². The number of hydrogen-bond acceptors (Lipinski definition) is 2. The maximum Gasteiger partial charge on any atom is 0.262 e. The second-order valence-corrected chi connectivity index (χ2v) is 9.38. The normalized spacial score (nSPS) is 12.0. The fourth-order valence-electron chi connectivity index (χ4n) is 3.49. The molecule has 0 spiro atoms. The second kappa shape index (κ2) is 8.35. The van der Waals surface area contributed by atoms with Crippen LogP contribution in [0.4, 0.5) is 5.69 Å². The fraction of sp³-hybridized carbons (Fsp3) is 0.435. The van der Waals surface area contributed by atoms with Crippen LogP contribution in [0.1, 0.15) is 52.2 Å². The third kappa shape index (κ3) is 6.59. The van der Waals surface area contributed by atoms with E-state index in [1.165, 1.54) is 5.56 Å². The number of carbonyl (C=O) groups excluding carboxylic acids is 1. The van der Waals surface area contributed by atoms with E-state index in [1.807, 2.05) is 25.1 Å². The molecule has 0 aliphatic rings. The zero-order chi connectivity index (χ0) is 20.2. The average molecular weight is 388 g/mol. The van der Waals surface area contributed by atoms with Crippen molar-refractivity contribution < 1.29 is 9.53 Å². The van der Waals surface area contributed by atoms with E-state index in [1.54, 1.807) is 12.1 Å². The van der Waals surface area contributed by atoms with Crippen molar-refractivity contribution in [3.8, 4) is 5.75 Å². The highest BCUT2D eigenvalue weighted by atomic mass is 35.5. The molecule has 4 heteroatoms. The van der Waals surface area contributed by atoms with E-state index in [2.05, 4.69) is 52.1 Å². The molecule has 0 aliphatic carbocycles. The predicted molar refractivity (Wildman–Crippen MR) is 114 cm³/mol. The average Bonchev–Trinajstić information content (AvgIpc) is 2.54. The van der Waals surface area contributed by atoms with Crippen molar-refractivity contribution in [1.82, 2.24) is 0 Å². The van der Waals surface area contributed by atoms with Gasteiger partial charge in [0.1, 0.15) is 5.75 Å². The highest BCUT2D eigenvalue weighted by molar-refractivity contribution is 6.31. The lowest BCUT2D eigenvalue weighted by atomic mass is 9.72. The molecule has 0 bridgehead atoms. The Morgan fingerprint density at radius 3 is 2.26 bits per heavy atom. The van der Waals surface area contributed by atoms with Gasteiger partial charge in [-0.1, -0.05) is 64.4 Å². The van der Waals surface area contributed by atoms with Gasteiger partial charge >= 0.3 is 0 Å². The molecule has 2 aromatic rings. The Bertz CT molecular complexity index is 789. The van der Waals surface area contributed by atoms with E-state index in [-0.39, 0.29) is 23.3 Å². The van der Waals surface area contributed by atoms with E-state index in [4.69, 9.17) is 16.3 Å². The summed E-state index contributed by atoms with van der Waals surface area (Å²) in [7, 11) is 0.